The van der Waals surface area contributed by atoms with Crippen LogP contribution >= 0.6 is 11.5 Å². The number of nitrogens with zero attached hydrogens (tertiary/aromatic N) is 2. The van der Waals surface area contributed by atoms with E-state index in [1.807, 2.05) is 0 Å². The van der Waals surface area contributed by atoms with Gasteiger partial charge in [0.2, 0.25) is 0 Å². The molecule has 2 saturated carbocycles. The van der Waals surface area contributed by atoms with Crippen LogP contribution < -0.4 is 5.32 Å². The van der Waals surface area contributed by atoms with Gasteiger partial charge in [0.15, 0.2) is 5.69 Å². The van der Waals surface area contributed by atoms with E-state index in [0.29, 0.717) is 11.8 Å². The van der Waals surface area contributed by atoms with E-state index in [-0.39, 0.29) is 18.1 Å². The molecule has 0 aromatic carbocycles. The Morgan fingerprint density at radius 1 is 1.20 bits per heavy atom. The lowest BCUT2D eigenvalue weighted by atomic mass is 9.92. The molecule has 6 heteroatoms. The zero-order valence-electron chi connectivity index (χ0n) is 11.6. The number of amides is 1. The number of hydrogen-bond donors (Lipinski definition) is 1. The van der Waals surface area contributed by atoms with E-state index in [9.17, 15) is 4.79 Å². The third kappa shape index (κ3) is 3.35. The molecule has 3 rings (SSSR count). The van der Waals surface area contributed by atoms with Crippen molar-refractivity contribution >= 4 is 17.4 Å². The lowest BCUT2D eigenvalue weighted by molar-refractivity contribution is -0.0419. The van der Waals surface area contributed by atoms with Gasteiger partial charge in [-0.05, 0) is 37.2 Å². The fourth-order valence-electron chi connectivity index (χ4n) is 3.20. The SMILES string of the molecule is O=C(N[C@@H]1CCCC[C@@H]1OC1CCCC1)c1csnn1. The van der Waals surface area contributed by atoms with Crippen molar-refractivity contribution in [1.29, 1.82) is 0 Å². The van der Waals surface area contributed by atoms with Crippen molar-refractivity contribution in [2.45, 2.75) is 69.6 Å². The molecule has 0 aliphatic heterocycles. The summed E-state index contributed by atoms with van der Waals surface area (Å²) in [6.07, 6.45) is 9.88. The fraction of sp³-hybridized carbons (Fsp3) is 0.786. The van der Waals surface area contributed by atoms with Crippen molar-refractivity contribution in [1.82, 2.24) is 14.9 Å². The Kier molecular flexibility index (Phi) is 4.62. The molecule has 1 amide bonds. The Morgan fingerprint density at radius 2 is 1.95 bits per heavy atom. The zero-order chi connectivity index (χ0) is 13.8. The van der Waals surface area contributed by atoms with E-state index < -0.39 is 0 Å². The van der Waals surface area contributed by atoms with Gasteiger partial charge in [0.25, 0.3) is 5.91 Å². The molecule has 0 spiro atoms. The molecule has 5 nitrogen and oxygen atoms in total. The quantitative estimate of drug-likeness (QED) is 0.927. The molecule has 1 N–H and O–H groups in total. The number of carbonyl (C=O) groups is 1. The molecule has 2 aliphatic rings. The number of hydrogen-bond acceptors (Lipinski definition) is 5. The molecule has 2 aliphatic carbocycles. The number of aromatic nitrogens is 2. The van der Waals surface area contributed by atoms with Crippen LogP contribution in [0.25, 0.3) is 0 Å². The summed E-state index contributed by atoms with van der Waals surface area (Å²) in [6, 6.07) is 0.124. The highest BCUT2D eigenvalue weighted by atomic mass is 32.1. The zero-order valence-corrected chi connectivity index (χ0v) is 12.4. The normalized spacial score (nSPS) is 27.6. The first-order valence-electron chi connectivity index (χ1n) is 7.56. The molecule has 1 aromatic heterocycles. The molecule has 110 valence electrons. The third-order valence-corrected chi connectivity index (χ3v) is 4.79. The monoisotopic (exact) mass is 295 g/mol. The molecule has 2 atom stereocenters. The molecule has 0 radical (unpaired) electrons. The Balaban J connectivity index is 1.58. The predicted octanol–water partition coefficient (Wildman–Crippen LogP) is 2.54. The van der Waals surface area contributed by atoms with Crippen LogP contribution in [-0.4, -0.2) is 33.7 Å². The summed E-state index contributed by atoms with van der Waals surface area (Å²) in [5.74, 6) is -0.120. The second-order valence-corrected chi connectivity index (χ2v) is 6.35. The summed E-state index contributed by atoms with van der Waals surface area (Å²) in [6.45, 7) is 0. The second kappa shape index (κ2) is 6.63. The van der Waals surface area contributed by atoms with Gasteiger partial charge in [0.05, 0.1) is 18.2 Å². The summed E-state index contributed by atoms with van der Waals surface area (Å²) >= 11 is 1.20. The number of ether oxygens (including phenoxy) is 1. The van der Waals surface area contributed by atoms with Gasteiger partial charge in [-0.3, -0.25) is 4.79 Å². The Morgan fingerprint density at radius 3 is 2.70 bits per heavy atom. The molecule has 2 fully saturated rings. The highest BCUT2D eigenvalue weighted by Gasteiger charge is 2.31. The van der Waals surface area contributed by atoms with Crippen LogP contribution in [0.5, 0.6) is 0 Å². The van der Waals surface area contributed by atoms with E-state index in [0.717, 1.165) is 19.3 Å². The van der Waals surface area contributed by atoms with Gasteiger partial charge in [-0.2, -0.15) is 0 Å². The van der Waals surface area contributed by atoms with Crippen molar-refractivity contribution in [3.63, 3.8) is 0 Å². The van der Waals surface area contributed by atoms with Crippen LogP contribution in [-0.2, 0) is 4.74 Å². The van der Waals surface area contributed by atoms with Crippen molar-refractivity contribution < 1.29 is 9.53 Å². The lowest BCUT2D eigenvalue weighted by Gasteiger charge is -2.33. The average Bonchev–Trinajstić information content (AvgIpc) is 3.13. The number of rotatable bonds is 4. The first-order chi connectivity index (χ1) is 9.83. The van der Waals surface area contributed by atoms with Gasteiger partial charge < -0.3 is 10.1 Å². The van der Waals surface area contributed by atoms with Gasteiger partial charge in [0.1, 0.15) is 0 Å². The maximum absolute atomic E-state index is 12.1. The molecule has 1 aromatic rings. The van der Waals surface area contributed by atoms with Gasteiger partial charge >= 0.3 is 0 Å². The molecular weight excluding hydrogens is 274 g/mol. The molecule has 1 heterocycles. The lowest BCUT2D eigenvalue weighted by Crippen LogP contribution is -2.47. The van der Waals surface area contributed by atoms with Gasteiger partial charge in [-0.25, -0.2) is 0 Å². The van der Waals surface area contributed by atoms with Crippen LogP contribution in [0, 0.1) is 0 Å². The van der Waals surface area contributed by atoms with Crippen molar-refractivity contribution in [2.75, 3.05) is 0 Å². The summed E-state index contributed by atoms with van der Waals surface area (Å²) in [7, 11) is 0. The molecule has 0 saturated heterocycles. The second-order valence-electron chi connectivity index (χ2n) is 5.74. The Bertz CT molecular complexity index is 432. The minimum absolute atomic E-state index is 0.120. The van der Waals surface area contributed by atoms with Gasteiger partial charge in [-0.1, -0.05) is 30.2 Å². The molecule has 20 heavy (non-hydrogen) atoms. The summed E-state index contributed by atoms with van der Waals surface area (Å²) in [5, 5.41) is 8.60. The average molecular weight is 295 g/mol. The number of nitrogens with one attached hydrogen (secondary N) is 1. The topological polar surface area (TPSA) is 64.1 Å². The van der Waals surface area contributed by atoms with Crippen molar-refractivity contribution in [3.8, 4) is 0 Å². The highest BCUT2D eigenvalue weighted by molar-refractivity contribution is 7.03. The minimum atomic E-state index is -0.120. The Hall–Kier alpha value is -1.01. The third-order valence-electron chi connectivity index (χ3n) is 4.28. The fourth-order valence-corrected chi connectivity index (χ4v) is 3.64. The van der Waals surface area contributed by atoms with E-state index >= 15 is 0 Å². The van der Waals surface area contributed by atoms with Crippen LogP contribution in [0.2, 0.25) is 0 Å². The van der Waals surface area contributed by atoms with Crippen LogP contribution in [0.1, 0.15) is 61.9 Å². The minimum Gasteiger partial charge on any atom is -0.373 e. The van der Waals surface area contributed by atoms with Crippen LogP contribution in [0.3, 0.4) is 0 Å². The van der Waals surface area contributed by atoms with Gasteiger partial charge in [0, 0.05) is 5.38 Å². The smallest absolute Gasteiger partial charge is 0.273 e. The maximum atomic E-state index is 12.1. The first-order valence-corrected chi connectivity index (χ1v) is 8.40. The number of carbonyl (C=O) groups excluding carboxylic acids is 1. The molecule has 0 unspecified atom stereocenters. The van der Waals surface area contributed by atoms with E-state index in [1.54, 1.807) is 5.38 Å². The first kappa shape index (κ1) is 13.9. The summed E-state index contributed by atoms with van der Waals surface area (Å²) in [4.78, 5) is 12.1. The largest absolute Gasteiger partial charge is 0.373 e. The maximum Gasteiger partial charge on any atom is 0.273 e. The molecular formula is C14H21N3O2S. The summed E-state index contributed by atoms with van der Waals surface area (Å²) in [5.41, 5.74) is 0.417. The van der Waals surface area contributed by atoms with Gasteiger partial charge in [-0.15, -0.1) is 5.10 Å². The van der Waals surface area contributed by atoms with Crippen LogP contribution in [0.15, 0.2) is 5.38 Å². The van der Waals surface area contributed by atoms with Crippen LogP contribution in [0.4, 0.5) is 0 Å². The highest BCUT2D eigenvalue weighted by Crippen LogP contribution is 2.28. The Labute approximate surface area is 123 Å². The van der Waals surface area contributed by atoms with Crippen molar-refractivity contribution in [2.24, 2.45) is 0 Å². The van der Waals surface area contributed by atoms with Crippen molar-refractivity contribution in [3.05, 3.63) is 11.1 Å². The van der Waals surface area contributed by atoms with E-state index in [4.69, 9.17) is 4.74 Å². The van der Waals surface area contributed by atoms with E-state index in [1.165, 1.54) is 43.6 Å². The van der Waals surface area contributed by atoms with E-state index in [2.05, 4.69) is 14.9 Å². The predicted molar refractivity (Wildman–Crippen MR) is 76.8 cm³/mol. The molecule has 0 bridgehead atoms. The standard InChI is InChI=1S/C14H21N3O2S/c18-14(12-9-20-17-16-12)15-11-7-3-4-8-13(11)19-10-5-1-2-6-10/h9-11,13H,1-8H2,(H,15,18)/t11-,13+/m1/s1. The summed E-state index contributed by atoms with van der Waals surface area (Å²) < 4.78 is 9.97.